The van der Waals surface area contributed by atoms with Gasteiger partial charge in [-0.3, -0.25) is 0 Å². The van der Waals surface area contributed by atoms with Gasteiger partial charge < -0.3 is 25.8 Å². The van der Waals surface area contributed by atoms with E-state index in [9.17, 15) is 8.42 Å². The Morgan fingerprint density at radius 2 is 1.81 bits per heavy atom. The number of halogens is 1. The molecule has 0 aliphatic carbocycles. The molecule has 0 bridgehead atoms. The van der Waals surface area contributed by atoms with Crippen LogP contribution in [0.1, 0.15) is 22.6 Å². The van der Waals surface area contributed by atoms with Crippen molar-refractivity contribution in [1.29, 1.82) is 0 Å². The second kappa shape index (κ2) is 11.4. The van der Waals surface area contributed by atoms with Gasteiger partial charge in [-0.1, -0.05) is 23.7 Å². The highest BCUT2D eigenvalue weighted by Crippen LogP contribution is 2.38. The van der Waals surface area contributed by atoms with E-state index in [-0.39, 0.29) is 24.0 Å². The summed E-state index contributed by atoms with van der Waals surface area (Å²) in [5, 5.41) is 0.660. The van der Waals surface area contributed by atoms with Gasteiger partial charge in [-0.2, -0.15) is 0 Å². The molecule has 0 aromatic heterocycles. The Balaban J connectivity index is 1.63. The van der Waals surface area contributed by atoms with Gasteiger partial charge in [0.15, 0.2) is 0 Å². The van der Waals surface area contributed by atoms with Gasteiger partial charge in [-0.25, -0.2) is 13.1 Å². The normalized spacial score (nSPS) is 16.8. The molecule has 3 rings (SSSR count). The van der Waals surface area contributed by atoms with Crippen molar-refractivity contribution in [2.24, 2.45) is 5.73 Å². The first-order valence-corrected chi connectivity index (χ1v) is 12.4. The van der Waals surface area contributed by atoms with Gasteiger partial charge in [-0.05, 0) is 48.0 Å². The Morgan fingerprint density at radius 1 is 1.12 bits per heavy atom. The van der Waals surface area contributed by atoms with Crippen LogP contribution in [0.5, 0.6) is 0 Å². The van der Waals surface area contributed by atoms with Crippen LogP contribution in [0.4, 0.5) is 5.69 Å². The quantitative estimate of drug-likeness (QED) is 0.329. The fourth-order valence-corrected chi connectivity index (χ4v) is 5.11. The molecular weight excluding hydrogens is 452 g/mol. The summed E-state index contributed by atoms with van der Waals surface area (Å²) < 4.78 is 38.3. The lowest BCUT2D eigenvalue weighted by Crippen LogP contribution is -2.31. The second-order valence-corrected chi connectivity index (χ2v) is 9.97. The van der Waals surface area contributed by atoms with Crippen molar-refractivity contribution in [1.82, 2.24) is 9.62 Å². The molecule has 5 N–H and O–H groups in total. The molecule has 2 aromatic carbocycles. The summed E-state index contributed by atoms with van der Waals surface area (Å²) in [6, 6.07) is 10.7. The average Bonchev–Trinajstić information content (AvgIpc) is 2.76. The molecule has 176 valence electrons. The summed E-state index contributed by atoms with van der Waals surface area (Å²) in [7, 11) is -1.58. The molecule has 8 nitrogen and oxygen atoms in total. The molecule has 1 unspecified atom stereocenters. The topological polar surface area (TPSA) is 120 Å². The van der Waals surface area contributed by atoms with Crippen molar-refractivity contribution in [3.05, 3.63) is 58.1 Å². The lowest BCUT2D eigenvalue weighted by Gasteiger charge is -2.33. The number of ether oxygens (including phenoxy) is 2. The zero-order chi connectivity index (χ0) is 23.1. The highest BCUT2D eigenvalue weighted by atomic mass is 35.5. The zero-order valence-corrected chi connectivity index (χ0v) is 19.8. The Kier molecular flexibility index (Phi) is 8.89. The van der Waals surface area contributed by atoms with E-state index in [1.807, 2.05) is 25.2 Å². The zero-order valence-electron chi connectivity index (χ0n) is 18.2. The maximum absolute atomic E-state index is 12.6. The summed E-state index contributed by atoms with van der Waals surface area (Å²) in [6.07, 6.45) is 0. The summed E-state index contributed by atoms with van der Waals surface area (Å²) in [5.74, 6) is 0.0596. The SMILES string of the molecule is CN1Cc2c(Cl)cc(N)cc2C(c2ccc(S(=O)(=O)NCCOCCOCCN)cc2)C1. The smallest absolute Gasteiger partial charge is 0.240 e. The fourth-order valence-electron chi connectivity index (χ4n) is 3.80. The number of benzene rings is 2. The molecular formula is C22H31ClN4O4S. The first-order valence-electron chi connectivity index (χ1n) is 10.5. The van der Waals surface area contributed by atoms with Crippen LogP contribution in [0.25, 0.3) is 0 Å². The minimum absolute atomic E-state index is 0.0596. The van der Waals surface area contributed by atoms with Gasteiger partial charge in [0.1, 0.15) is 0 Å². The van der Waals surface area contributed by atoms with E-state index in [2.05, 4.69) is 9.62 Å². The number of rotatable bonds is 11. The molecule has 1 aliphatic heterocycles. The van der Waals surface area contributed by atoms with Crippen LogP contribution in [0.3, 0.4) is 0 Å². The molecule has 0 fully saturated rings. The van der Waals surface area contributed by atoms with Gasteiger partial charge >= 0.3 is 0 Å². The number of nitrogens with two attached hydrogens (primary N) is 2. The number of hydrogen-bond acceptors (Lipinski definition) is 7. The molecule has 1 heterocycles. The van der Waals surface area contributed by atoms with Crippen molar-refractivity contribution in [3.63, 3.8) is 0 Å². The van der Waals surface area contributed by atoms with E-state index >= 15 is 0 Å². The highest BCUT2D eigenvalue weighted by molar-refractivity contribution is 7.89. The Bertz CT molecular complexity index is 1000. The van der Waals surface area contributed by atoms with E-state index in [1.165, 1.54) is 0 Å². The van der Waals surface area contributed by atoms with Crippen molar-refractivity contribution >= 4 is 27.3 Å². The molecule has 0 amide bonds. The molecule has 0 saturated heterocycles. The van der Waals surface area contributed by atoms with Gasteiger partial charge in [0.05, 0.1) is 31.3 Å². The molecule has 0 spiro atoms. The largest absolute Gasteiger partial charge is 0.399 e. The first-order chi connectivity index (χ1) is 15.3. The molecule has 10 heteroatoms. The molecule has 1 atom stereocenters. The van der Waals surface area contributed by atoms with Crippen LogP contribution in [0.15, 0.2) is 41.3 Å². The predicted molar refractivity (Wildman–Crippen MR) is 126 cm³/mol. The lowest BCUT2D eigenvalue weighted by molar-refractivity contribution is 0.0530. The molecule has 32 heavy (non-hydrogen) atoms. The van der Waals surface area contributed by atoms with Crippen molar-refractivity contribution < 1.29 is 17.9 Å². The number of nitrogens with one attached hydrogen (secondary N) is 1. The van der Waals surface area contributed by atoms with Gasteiger partial charge in [-0.15, -0.1) is 0 Å². The third kappa shape index (κ3) is 6.41. The summed E-state index contributed by atoms with van der Waals surface area (Å²) in [6.45, 7) is 3.76. The third-order valence-electron chi connectivity index (χ3n) is 5.32. The van der Waals surface area contributed by atoms with Crippen LogP contribution in [-0.4, -0.2) is 66.4 Å². The number of hydrogen-bond donors (Lipinski definition) is 3. The third-order valence-corrected chi connectivity index (χ3v) is 7.13. The van der Waals surface area contributed by atoms with E-state index in [0.717, 1.165) is 29.8 Å². The fraction of sp³-hybridized carbons (Fsp3) is 0.455. The second-order valence-electron chi connectivity index (χ2n) is 7.80. The summed E-state index contributed by atoms with van der Waals surface area (Å²) >= 11 is 6.44. The maximum Gasteiger partial charge on any atom is 0.240 e. The van der Waals surface area contributed by atoms with Gasteiger partial charge in [0.2, 0.25) is 10.0 Å². The van der Waals surface area contributed by atoms with Crippen molar-refractivity contribution in [3.8, 4) is 0 Å². The van der Waals surface area contributed by atoms with Crippen molar-refractivity contribution in [2.75, 3.05) is 58.8 Å². The number of fused-ring (bicyclic) bond motifs is 1. The Labute approximate surface area is 194 Å². The highest BCUT2D eigenvalue weighted by Gasteiger charge is 2.27. The van der Waals surface area contributed by atoms with E-state index in [1.54, 1.807) is 18.2 Å². The van der Waals surface area contributed by atoms with Gasteiger partial charge in [0.25, 0.3) is 0 Å². The predicted octanol–water partition coefficient (Wildman–Crippen LogP) is 1.77. The van der Waals surface area contributed by atoms with Crippen LogP contribution < -0.4 is 16.2 Å². The number of nitrogen functional groups attached to an aromatic ring is 1. The number of likely N-dealkylation sites (N-methyl/N-ethyl adjacent to an activating group) is 1. The minimum atomic E-state index is -3.62. The summed E-state index contributed by atoms with van der Waals surface area (Å²) in [4.78, 5) is 2.41. The minimum Gasteiger partial charge on any atom is -0.399 e. The first kappa shape index (κ1) is 24.9. The van der Waals surface area contributed by atoms with Crippen molar-refractivity contribution in [2.45, 2.75) is 17.4 Å². The van der Waals surface area contributed by atoms with Crippen LogP contribution >= 0.6 is 11.6 Å². The van der Waals surface area contributed by atoms with E-state index in [0.29, 0.717) is 37.1 Å². The lowest BCUT2D eigenvalue weighted by atomic mass is 9.84. The summed E-state index contributed by atoms with van der Waals surface area (Å²) in [5.41, 5.74) is 15.2. The number of anilines is 1. The molecule has 0 saturated carbocycles. The molecule has 2 aromatic rings. The Morgan fingerprint density at radius 3 is 2.50 bits per heavy atom. The molecule has 0 radical (unpaired) electrons. The van der Waals surface area contributed by atoms with Crippen LogP contribution in [-0.2, 0) is 26.0 Å². The van der Waals surface area contributed by atoms with Crippen LogP contribution in [0.2, 0.25) is 5.02 Å². The van der Waals surface area contributed by atoms with E-state index in [4.69, 9.17) is 32.5 Å². The monoisotopic (exact) mass is 482 g/mol. The maximum atomic E-state index is 12.6. The number of sulfonamides is 1. The standard InChI is InChI=1S/C22H31ClN4O4S/c1-27-14-20(19-12-17(25)13-22(23)21(19)15-27)16-2-4-18(5-3-16)32(28,29)26-7-9-31-11-10-30-8-6-24/h2-5,12-13,20,26H,6-11,14-15,24-25H2,1H3. The average molecular weight is 483 g/mol. The van der Waals surface area contributed by atoms with Crippen LogP contribution in [0, 0.1) is 0 Å². The van der Waals surface area contributed by atoms with Gasteiger partial charge in [0, 0.05) is 42.8 Å². The Hall–Kier alpha value is -1.72. The van der Waals surface area contributed by atoms with E-state index < -0.39 is 10.0 Å². The number of nitrogens with zero attached hydrogens (tertiary/aromatic N) is 1. The molecule has 1 aliphatic rings.